The lowest BCUT2D eigenvalue weighted by Gasteiger charge is -2.29. The van der Waals surface area contributed by atoms with Gasteiger partial charge in [-0.3, -0.25) is 33.7 Å². The number of carbonyl (C=O) groups excluding carboxylic acids is 7. The Labute approximate surface area is 260 Å². The van der Waals surface area contributed by atoms with E-state index in [-0.39, 0.29) is 52.4 Å². The summed E-state index contributed by atoms with van der Waals surface area (Å²) in [7, 11) is 5.55. The molecule has 0 aromatic rings. The van der Waals surface area contributed by atoms with Crippen LogP contribution in [0.4, 0.5) is 4.79 Å². The quantitative estimate of drug-likeness (QED) is 0.199. The first-order valence-corrected chi connectivity index (χ1v) is 14.0. The molecule has 0 saturated carbocycles. The number of hydrogen-bond donors (Lipinski definition) is 1. The van der Waals surface area contributed by atoms with Crippen molar-refractivity contribution in [3.05, 3.63) is 25.3 Å². The van der Waals surface area contributed by atoms with Gasteiger partial charge in [-0.15, -0.1) is 13.2 Å². The number of carbonyl (C=O) groups is 7. The largest absolute Gasteiger partial charge is 0.444 e. The standard InChI is InChI=1S/C29H49N7O8/c1-10-12-14-35(16-22(30)37)27(42)20-34(9)25(40)18-32(7)23(38)17-31(6)24(39)19-33(8)26(41)21-36(15-13-11-2)28(43)44-29(3,4)5/h10-11H,1-2,12-21H2,3-9H3,(H2,30,37). The van der Waals surface area contributed by atoms with Crippen molar-refractivity contribution in [1.29, 1.82) is 0 Å². The molecule has 0 spiro atoms. The summed E-state index contributed by atoms with van der Waals surface area (Å²) in [6, 6.07) is 0. The van der Waals surface area contributed by atoms with Gasteiger partial charge in [0, 0.05) is 41.3 Å². The number of nitrogens with two attached hydrogens (primary N) is 1. The van der Waals surface area contributed by atoms with Crippen LogP contribution in [0.15, 0.2) is 25.3 Å². The van der Waals surface area contributed by atoms with Gasteiger partial charge in [0.25, 0.3) is 0 Å². The van der Waals surface area contributed by atoms with Crippen molar-refractivity contribution in [2.75, 3.05) is 80.5 Å². The molecule has 0 aromatic carbocycles. The molecule has 0 saturated heterocycles. The maximum Gasteiger partial charge on any atom is 0.410 e. The van der Waals surface area contributed by atoms with E-state index in [1.54, 1.807) is 32.9 Å². The van der Waals surface area contributed by atoms with Gasteiger partial charge in [-0.25, -0.2) is 4.79 Å². The molecule has 248 valence electrons. The molecule has 0 unspecified atom stereocenters. The van der Waals surface area contributed by atoms with Crippen LogP contribution < -0.4 is 5.73 Å². The van der Waals surface area contributed by atoms with Crippen LogP contribution in [-0.4, -0.2) is 157 Å². The van der Waals surface area contributed by atoms with E-state index in [9.17, 15) is 33.6 Å². The van der Waals surface area contributed by atoms with E-state index >= 15 is 0 Å². The fourth-order valence-corrected chi connectivity index (χ4v) is 3.45. The summed E-state index contributed by atoms with van der Waals surface area (Å²) in [5, 5.41) is 0. The lowest BCUT2D eigenvalue weighted by atomic mass is 10.2. The number of primary amides is 1. The lowest BCUT2D eigenvalue weighted by molar-refractivity contribution is -0.145. The van der Waals surface area contributed by atoms with Gasteiger partial charge >= 0.3 is 6.09 Å². The van der Waals surface area contributed by atoms with Gasteiger partial charge in [0.1, 0.15) is 12.1 Å². The summed E-state index contributed by atoms with van der Waals surface area (Å²) in [4.78, 5) is 94.3. The van der Waals surface area contributed by atoms with Gasteiger partial charge in [0.05, 0.1) is 32.7 Å². The Morgan fingerprint density at radius 2 is 0.932 bits per heavy atom. The minimum Gasteiger partial charge on any atom is -0.444 e. The minimum absolute atomic E-state index is 0.204. The van der Waals surface area contributed by atoms with Crippen LogP contribution in [0.1, 0.15) is 33.6 Å². The first-order chi connectivity index (χ1) is 20.3. The number of amides is 7. The van der Waals surface area contributed by atoms with Gasteiger partial charge < -0.3 is 35.0 Å². The molecule has 15 heteroatoms. The van der Waals surface area contributed by atoms with Crippen molar-refractivity contribution in [1.82, 2.24) is 29.4 Å². The molecule has 0 aliphatic rings. The summed E-state index contributed by atoms with van der Waals surface area (Å²) >= 11 is 0. The van der Waals surface area contributed by atoms with Crippen molar-refractivity contribution in [3.63, 3.8) is 0 Å². The van der Waals surface area contributed by atoms with Crippen molar-refractivity contribution < 1.29 is 38.3 Å². The second-order valence-corrected chi connectivity index (χ2v) is 11.3. The highest BCUT2D eigenvalue weighted by molar-refractivity contribution is 5.92. The third kappa shape index (κ3) is 15.7. The summed E-state index contributed by atoms with van der Waals surface area (Å²) in [6.45, 7) is 10.7. The minimum atomic E-state index is -0.757. The van der Waals surface area contributed by atoms with Crippen LogP contribution in [0.25, 0.3) is 0 Å². The molecule has 0 aliphatic heterocycles. The first kappa shape index (κ1) is 39.6. The summed E-state index contributed by atoms with van der Waals surface area (Å²) in [5.74, 6) is -3.32. The average molecular weight is 624 g/mol. The lowest BCUT2D eigenvalue weighted by Crippen LogP contribution is -2.49. The Hall–Kier alpha value is -4.43. The van der Waals surface area contributed by atoms with Gasteiger partial charge in [-0.05, 0) is 33.6 Å². The zero-order valence-corrected chi connectivity index (χ0v) is 27.2. The number of rotatable bonds is 18. The van der Waals surface area contributed by atoms with Crippen LogP contribution in [-0.2, 0) is 33.5 Å². The maximum atomic E-state index is 12.8. The smallest absolute Gasteiger partial charge is 0.410 e. The summed E-state index contributed by atoms with van der Waals surface area (Å²) in [5.41, 5.74) is 4.45. The predicted molar refractivity (Wildman–Crippen MR) is 164 cm³/mol. The molecule has 0 radical (unpaired) electrons. The molecule has 0 aliphatic carbocycles. The van der Waals surface area contributed by atoms with Crippen molar-refractivity contribution in [2.45, 2.75) is 39.2 Å². The zero-order valence-electron chi connectivity index (χ0n) is 27.2. The van der Waals surface area contributed by atoms with Crippen molar-refractivity contribution in [3.8, 4) is 0 Å². The molecular formula is C29H49N7O8. The Morgan fingerprint density at radius 1 is 0.591 bits per heavy atom. The van der Waals surface area contributed by atoms with E-state index in [1.165, 1.54) is 38.0 Å². The summed E-state index contributed by atoms with van der Waals surface area (Å²) < 4.78 is 5.36. The molecule has 0 fully saturated rings. The molecule has 0 bridgehead atoms. The number of hydrogen-bond acceptors (Lipinski definition) is 8. The third-order valence-electron chi connectivity index (χ3n) is 6.08. The van der Waals surface area contributed by atoms with Crippen LogP contribution in [0.2, 0.25) is 0 Å². The number of likely N-dealkylation sites (N-methyl/N-ethyl adjacent to an activating group) is 4. The molecule has 0 atom stereocenters. The Kier molecular flexibility index (Phi) is 17.1. The topological polar surface area (TPSA) is 174 Å². The van der Waals surface area contributed by atoms with Crippen molar-refractivity contribution >= 4 is 41.5 Å². The van der Waals surface area contributed by atoms with E-state index in [0.717, 1.165) is 19.6 Å². The van der Waals surface area contributed by atoms with Gasteiger partial charge in [0.15, 0.2) is 0 Å². The predicted octanol–water partition coefficient (Wildman–Crippen LogP) is -0.477. The van der Waals surface area contributed by atoms with Crippen LogP contribution in [0.5, 0.6) is 0 Å². The van der Waals surface area contributed by atoms with E-state index in [4.69, 9.17) is 10.5 Å². The molecular weight excluding hydrogens is 574 g/mol. The summed E-state index contributed by atoms with van der Waals surface area (Å²) in [6.07, 6.45) is 3.39. The Balaban J connectivity index is 5.02. The molecule has 44 heavy (non-hydrogen) atoms. The molecule has 15 nitrogen and oxygen atoms in total. The zero-order chi connectivity index (χ0) is 34.2. The molecule has 2 N–H and O–H groups in total. The van der Waals surface area contributed by atoms with Crippen LogP contribution in [0, 0.1) is 0 Å². The van der Waals surface area contributed by atoms with E-state index in [1.807, 2.05) is 0 Å². The average Bonchev–Trinajstić information content (AvgIpc) is 2.91. The number of nitrogens with zero attached hydrogens (tertiary/aromatic N) is 6. The van der Waals surface area contributed by atoms with Gasteiger partial charge in [-0.1, -0.05) is 12.2 Å². The van der Waals surface area contributed by atoms with E-state index in [0.29, 0.717) is 12.8 Å². The van der Waals surface area contributed by atoms with E-state index < -0.39 is 47.1 Å². The number of ether oxygens (including phenoxy) is 1. The SMILES string of the molecule is C=CCCN(CC(N)=O)C(=O)CN(C)C(=O)CN(C)C(=O)CN(C)C(=O)CN(C)C(=O)CN(CCC=C)C(=O)OC(C)(C)C. The van der Waals surface area contributed by atoms with Crippen molar-refractivity contribution in [2.24, 2.45) is 5.73 Å². The highest BCUT2D eigenvalue weighted by Gasteiger charge is 2.27. The first-order valence-electron chi connectivity index (χ1n) is 14.0. The van der Waals surface area contributed by atoms with Gasteiger partial charge in [0.2, 0.25) is 35.4 Å². The maximum absolute atomic E-state index is 12.8. The molecule has 0 heterocycles. The molecule has 7 amide bonds. The third-order valence-corrected chi connectivity index (χ3v) is 6.08. The fraction of sp³-hybridized carbons (Fsp3) is 0.621. The monoisotopic (exact) mass is 623 g/mol. The molecule has 0 aromatic heterocycles. The highest BCUT2D eigenvalue weighted by atomic mass is 16.6. The highest BCUT2D eigenvalue weighted by Crippen LogP contribution is 2.11. The van der Waals surface area contributed by atoms with Crippen LogP contribution >= 0.6 is 0 Å². The molecule has 0 rings (SSSR count). The van der Waals surface area contributed by atoms with Crippen LogP contribution in [0.3, 0.4) is 0 Å². The normalized spacial score (nSPS) is 10.6. The Morgan fingerprint density at radius 3 is 1.27 bits per heavy atom. The van der Waals surface area contributed by atoms with Gasteiger partial charge in [-0.2, -0.15) is 0 Å². The second-order valence-electron chi connectivity index (χ2n) is 11.3. The Bertz CT molecular complexity index is 1070. The fourth-order valence-electron chi connectivity index (χ4n) is 3.45. The second kappa shape index (κ2) is 19.0. The van der Waals surface area contributed by atoms with E-state index in [2.05, 4.69) is 13.2 Å².